The van der Waals surface area contributed by atoms with Crippen LogP contribution in [0.25, 0.3) is 0 Å². The van der Waals surface area contributed by atoms with Gasteiger partial charge in [0.2, 0.25) is 16.9 Å². The molecular formula is C16H16N4O2S2. The number of hydrogen-bond donors (Lipinski definition) is 1. The standard InChI is InChI=1S/C16H16N4O2S2/c1-2-8-23-16-19-18-15(24-16)17-14(22)11-9-13(21)20(10-11)12-6-4-3-5-7-12/h2-7,11H,1,8-10H2,(H,17,18,22)/t11-/m0/s1. The number of carbonyl (C=O) groups is 2. The number of hydrogen-bond acceptors (Lipinski definition) is 6. The molecule has 1 aliphatic rings. The molecule has 0 saturated carbocycles. The third kappa shape index (κ3) is 3.82. The Balaban J connectivity index is 1.61. The van der Waals surface area contributed by atoms with Gasteiger partial charge in [0.25, 0.3) is 0 Å². The van der Waals surface area contributed by atoms with E-state index in [0.717, 1.165) is 15.8 Å². The number of nitrogens with one attached hydrogen (secondary N) is 1. The molecule has 0 unspecified atom stereocenters. The molecule has 1 N–H and O–H groups in total. The molecule has 1 fully saturated rings. The van der Waals surface area contributed by atoms with Gasteiger partial charge in [0.15, 0.2) is 4.34 Å². The van der Waals surface area contributed by atoms with Gasteiger partial charge in [-0.1, -0.05) is 47.4 Å². The third-order valence-electron chi connectivity index (χ3n) is 3.52. The van der Waals surface area contributed by atoms with E-state index < -0.39 is 0 Å². The van der Waals surface area contributed by atoms with E-state index in [4.69, 9.17) is 0 Å². The molecule has 2 amide bonds. The van der Waals surface area contributed by atoms with Crippen molar-refractivity contribution in [2.24, 2.45) is 5.92 Å². The van der Waals surface area contributed by atoms with Gasteiger partial charge in [-0.25, -0.2) is 0 Å². The van der Waals surface area contributed by atoms with E-state index in [-0.39, 0.29) is 24.2 Å². The summed E-state index contributed by atoms with van der Waals surface area (Å²) in [6.45, 7) is 4.03. The fourth-order valence-electron chi connectivity index (χ4n) is 2.40. The Bertz CT molecular complexity index is 748. The first kappa shape index (κ1) is 16.7. The molecule has 1 saturated heterocycles. The summed E-state index contributed by atoms with van der Waals surface area (Å²) < 4.78 is 0.776. The first-order valence-corrected chi connectivity index (χ1v) is 9.21. The minimum Gasteiger partial charge on any atom is -0.312 e. The number of aromatic nitrogens is 2. The topological polar surface area (TPSA) is 75.2 Å². The Morgan fingerprint density at radius 1 is 1.42 bits per heavy atom. The van der Waals surface area contributed by atoms with E-state index in [2.05, 4.69) is 22.1 Å². The molecule has 24 heavy (non-hydrogen) atoms. The molecule has 1 atom stereocenters. The van der Waals surface area contributed by atoms with Crippen LogP contribution in [0.2, 0.25) is 0 Å². The van der Waals surface area contributed by atoms with Crippen LogP contribution < -0.4 is 10.2 Å². The lowest BCUT2D eigenvalue weighted by molar-refractivity contribution is -0.122. The van der Waals surface area contributed by atoms with Crippen molar-refractivity contribution in [1.29, 1.82) is 0 Å². The molecule has 2 aromatic rings. The maximum Gasteiger partial charge on any atom is 0.231 e. The highest BCUT2D eigenvalue weighted by Gasteiger charge is 2.35. The quantitative estimate of drug-likeness (QED) is 0.487. The predicted octanol–water partition coefficient (Wildman–Crippen LogP) is 2.81. The molecule has 1 aromatic heterocycles. The van der Waals surface area contributed by atoms with Gasteiger partial charge >= 0.3 is 0 Å². The summed E-state index contributed by atoms with van der Waals surface area (Å²) in [5, 5.41) is 11.2. The molecule has 0 spiro atoms. The summed E-state index contributed by atoms with van der Waals surface area (Å²) >= 11 is 2.83. The predicted molar refractivity (Wildman–Crippen MR) is 96.4 cm³/mol. The molecule has 1 aromatic carbocycles. The highest BCUT2D eigenvalue weighted by molar-refractivity contribution is 8.01. The molecule has 2 heterocycles. The summed E-state index contributed by atoms with van der Waals surface area (Å²) in [5.41, 5.74) is 0.817. The molecule has 6 nitrogen and oxygen atoms in total. The van der Waals surface area contributed by atoms with Crippen LogP contribution in [-0.4, -0.2) is 34.3 Å². The molecule has 0 radical (unpaired) electrons. The Morgan fingerprint density at radius 2 is 2.21 bits per heavy atom. The van der Waals surface area contributed by atoms with Gasteiger partial charge in [-0.3, -0.25) is 9.59 Å². The van der Waals surface area contributed by atoms with Gasteiger partial charge in [-0.15, -0.1) is 16.8 Å². The van der Waals surface area contributed by atoms with Crippen LogP contribution in [0.1, 0.15) is 6.42 Å². The van der Waals surface area contributed by atoms with Crippen molar-refractivity contribution in [2.45, 2.75) is 10.8 Å². The van der Waals surface area contributed by atoms with Crippen molar-refractivity contribution < 1.29 is 9.59 Å². The second kappa shape index (κ2) is 7.59. The van der Waals surface area contributed by atoms with Gasteiger partial charge in [-0.2, -0.15) is 0 Å². The minimum absolute atomic E-state index is 0.0409. The Kier molecular flexibility index (Phi) is 5.27. The number of carbonyl (C=O) groups excluding carboxylic acids is 2. The van der Waals surface area contributed by atoms with Crippen LogP contribution in [0.3, 0.4) is 0 Å². The molecular weight excluding hydrogens is 344 g/mol. The Morgan fingerprint density at radius 3 is 2.96 bits per heavy atom. The van der Waals surface area contributed by atoms with Crippen molar-refractivity contribution in [3.05, 3.63) is 43.0 Å². The van der Waals surface area contributed by atoms with Gasteiger partial charge < -0.3 is 10.2 Å². The largest absolute Gasteiger partial charge is 0.312 e. The number of nitrogens with zero attached hydrogens (tertiary/aromatic N) is 3. The van der Waals surface area contributed by atoms with E-state index >= 15 is 0 Å². The van der Waals surface area contributed by atoms with Crippen LogP contribution in [0, 0.1) is 5.92 Å². The second-order valence-corrected chi connectivity index (χ2v) is 7.45. The van der Waals surface area contributed by atoms with Crippen molar-refractivity contribution >= 4 is 45.7 Å². The van der Waals surface area contributed by atoms with E-state index in [0.29, 0.717) is 11.7 Å². The van der Waals surface area contributed by atoms with Crippen molar-refractivity contribution in [3.63, 3.8) is 0 Å². The van der Waals surface area contributed by atoms with Crippen LogP contribution in [-0.2, 0) is 9.59 Å². The normalized spacial score (nSPS) is 17.1. The summed E-state index contributed by atoms with van der Waals surface area (Å²) in [6, 6.07) is 9.38. The zero-order valence-electron chi connectivity index (χ0n) is 12.8. The monoisotopic (exact) mass is 360 g/mol. The fourth-order valence-corrected chi connectivity index (χ4v) is 3.91. The first-order valence-electron chi connectivity index (χ1n) is 7.41. The number of para-hydroxylation sites is 1. The summed E-state index contributed by atoms with van der Waals surface area (Å²) in [5.74, 6) is 0.121. The molecule has 1 aliphatic heterocycles. The molecule has 3 rings (SSSR count). The summed E-state index contributed by atoms with van der Waals surface area (Å²) in [6.07, 6.45) is 1.99. The first-order chi connectivity index (χ1) is 11.7. The van der Waals surface area contributed by atoms with Crippen LogP contribution in [0.15, 0.2) is 47.3 Å². The maximum absolute atomic E-state index is 12.4. The highest BCUT2D eigenvalue weighted by Crippen LogP contribution is 2.28. The van der Waals surface area contributed by atoms with Crippen LogP contribution >= 0.6 is 23.1 Å². The van der Waals surface area contributed by atoms with Crippen LogP contribution in [0.4, 0.5) is 10.8 Å². The summed E-state index contributed by atoms with van der Waals surface area (Å²) in [7, 11) is 0. The molecule has 0 aliphatic carbocycles. The van der Waals surface area contributed by atoms with Crippen LogP contribution in [0.5, 0.6) is 0 Å². The minimum atomic E-state index is -0.383. The average Bonchev–Trinajstić information content (AvgIpc) is 3.20. The van der Waals surface area contributed by atoms with E-state index in [1.165, 1.54) is 23.1 Å². The van der Waals surface area contributed by atoms with Crippen molar-refractivity contribution in [3.8, 4) is 0 Å². The lowest BCUT2D eigenvalue weighted by Crippen LogP contribution is -2.28. The lowest BCUT2D eigenvalue weighted by atomic mass is 10.1. The third-order valence-corrected chi connectivity index (χ3v) is 5.49. The number of anilines is 2. The smallest absolute Gasteiger partial charge is 0.231 e. The van der Waals surface area contributed by atoms with E-state index in [1.54, 1.807) is 11.0 Å². The highest BCUT2D eigenvalue weighted by atomic mass is 32.2. The second-order valence-electron chi connectivity index (χ2n) is 5.20. The zero-order chi connectivity index (χ0) is 16.9. The fraction of sp³-hybridized carbons (Fsp3) is 0.250. The molecule has 8 heteroatoms. The number of rotatable bonds is 6. The number of thioether (sulfide) groups is 1. The van der Waals surface area contributed by atoms with E-state index in [9.17, 15) is 9.59 Å². The van der Waals surface area contributed by atoms with Gasteiger partial charge in [0.05, 0.1) is 5.92 Å². The van der Waals surface area contributed by atoms with Crippen molar-refractivity contribution in [2.75, 3.05) is 22.5 Å². The van der Waals surface area contributed by atoms with Gasteiger partial charge in [0.1, 0.15) is 0 Å². The Labute approximate surface area is 148 Å². The Hall–Kier alpha value is -2.19. The SMILES string of the molecule is C=CCSc1nnc(NC(=O)[C@H]2CC(=O)N(c3ccccc3)C2)s1. The number of amides is 2. The lowest BCUT2D eigenvalue weighted by Gasteiger charge is -2.16. The van der Waals surface area contributed by atoms with Crippen molar-refractivity contribution in [1.82, 2.24) is 10.2 Å². The van der Waals surface area contributed by atoms with Gasteiger partial charge in [0, 0.05) is 24.4 Å². The average molecular weight is 360 g/mol. The molecule has 0 bridgehead atoms. The number of benzene rings is 1. The van der Waals surface area contributed by atoms with Gasteiger partial charge in [-0.05, 0) is 12.1 Å². The zero-order valence-corrected chi connectivity index (χ0v) is 14.5. The summed E-state index contributed by atoms with van der Waals surface area (Å²) in [4.78, 5) is 26.2. The molecule has 124 valence electrons. The van der Waals surface area contributed by atoms with E-state index in [1.807, 2.05) is 30.3 Å². The maximum atomic E-state index is 12.4.